The fourth-order valence-electron chi connectivity index (χ4n) is 1.89. The molecule has 0 aromatic heterocycles. The molecule has 0 spiro atoms. The number of amides is 1. The lowest BCUT2D eigenvalue weighted by atomic mass is 10.2. The van der Waals surface area contributed by atoms with Crippen LogP contribution >= 0.6 is 0 Å². The molecule has 1 atom stereocenters. The van der Waals surface area contributed by atoms with E-state index in [1.807, 2.05) is 18.2 Å². The van der Waals surface area contributed by atoms with Gasteiger partial charge >= 0.3 is 5.97 Å². The van der Waals surface area contributed by atoms with Crippen LogP contribution in [0.25, 0.3) is 0 Å². The number of ether oxygens (including phenoxy) is 1. The Morgan fingerprint density at radius 3 is 2.50 bits per heavy atom. The first-order chi connectivity index (χ1) is 10.7. The minimum absolute atomic E-state index is 0.0895. The number of hydrogen-bond donors (Lipinski definition) is 3. The standard InChI is InChI=1S/C16H24N2O4/c1-2-22-16(21)14(12-19)17-10-6-7-11-18-15(20)13-8-4-3-5-9-13/h3-5,8-9,14,17,19H,2,6-7,10-12H2,1H3,(H,18,20)/t14-/m0/s1. The average molecular weight is 308 g/mol. The number of rotatable bonds is 10. The molecule has 0 radical (unpaired) electrons. The predicted molar refractivity (Wildman–Crippen MR) is 83.5 cm³/mol. The van der Waals surface area contributed by atoms with Gasteiger partial charge in [-0.25, -0.2) is 0 Å². The molecule has 0 aliphatic heterocycles. The molecule has 1 amide bonds. The molecule has 6 nitrogen and oxygen atoms in total. The van der Waals surface area contributed by atoms with Crippen molar-refractivity contribution in [2.75, 3.05) is 26.3 Å². The van der Waals surface area contributed by atoms with Crippen LogP contribution in [-0.4, -0.2) is 49.3 Å². The van der Waals surface area contributed by atoms with Crippen LogP contribution in [0, 0.1) is 0 Å². The van der Waals surface area contributed by atoms with Crippen molar-refractivity contribution in [2.24, 2.45) is 0 Å². The summed E-state index contributed by atoms with van der Waals surface area (Å²) in [5.74, 6) is -0.532. The van der Waals surface area contributed by atoms with Crippen LogP contribution < -0.4 is 10.6 Å². The van der Waals surface area contributed by atoms with Gasteiger partial charge in [-0.3, -0.25) is 9.59 Å². The summed E-state index contributed by atoms with van der Waals surface area (Å²) in [5.41, 5.74) is 0.642. The maximum absolute atomic E-state index is 11.8. The number of hydrogen-bond acceptors (Lipinski definition) is 5. The van der Waals surface area contributed by atoms with Crippen molar-refractivity contribution in [3.8, 4) is 0 Å². The summed E-state index contributed by atoms with van der Waals surface area (Å²) >= 11 is 0. The van der Waals surface area contributed by atoms with Crippen LogP contribution in [0.2, 0.25) is 0 Å². The molecule has 0 unspecified atom stereocenters. The monoisotopic (exact) mass is 308 g/mol. The molecule has 0 heterocycles. The van der Waals surface area contributed by atoms with Gasteiger partial charge in [-0.15, -0.1) is 0 Å². The number of aliphatic hydroxyl groups is 1. The Labute approximate surface area is 130 Å². The summed E-state index contributed by atoms with van der Waals surface area (Å²) in [7, 11) is 0. The number of aliphatic hydroxyl groups excluding tert-OH is 1. The molecule has 0 aliphatic rings. The largest absolute Gasteiger partial charge is 0.465 e. The maximum Gasteiger partial charge on any atom is 0.325 e. The van der Waals surface area contributed by atoms with Gasteiger partial charge in [0.05, 0.1) is 13.2 Å². The Bertz CT molecular complexity index is 451. The lowest BCUT2D eigenvalue weighted by molar-refractivity contribution is -0.146. The average Bonchev–Trinajstić information content (AvgIpc) is 2.55. The zero-order valence-corrected chi connectivity index (χ0v) is 12.9. The van der Waals surface area contributed by atoms with Crippen molar-refractivity contribution in [1.29, 1.82) is 0 Å². The van der Waals surface area contributed by atoms with E-state index in [2.05, 4.69) is 10.6 Å². The minimum atomic E-state index is -0.682. The van der Waals surface area contributed by atoms with E-state index >= 15 is 0 Å². The van der Waals surface area contributed by atoms with Crippen molar-refractivity contribution in [1.82, 2.24) is 10.6 Å². The first-order valence-corrected chi connectivity index (χ1v) is 7.53. The highest BCUT2D eigenvalue weighted by molar-refractivity contribution is 5.94. The Kier molecular flexibility index (Phi) is 8.86. The number of carbonyl (C=O) groups excluding carboxylic acids is 2. The number of unbranched alkanes of at least 4 members (excludes halogenated alkanes) is 1. The molecular weight excluding hydrogens is 284 g/mol. The molecule has 1 rings (SSSR count). The van der Waals surface area contributed by atoms with Gasteiger partial charge in [-0.1, -0.05) is 18.2 Å². The Morgan fingerprint density at radius 2 is 1.86 bits per heavy atom. The molecule has 122 valence electrons. The van der Waals surface area contributed by atoms with Crippen molar-refractivity contribution < 1.29 is 19.4 Å². The predicted octanol–water partition coefficient (Wildman–Crippen LogP) is 0.710. The lowest BCUT2D eigenvalue weighted by Crippen LogP contribution is -2.41. The van der Waals surface area contributed by atoms with Gasteiger partial charge in [0.1, 0.15) is 6.04 Å². The molecular formula is C16H24N2O4. The third kappa shape index (κ3) is 6.69. The number of nitrogens with one attached hydrogen (secondary N) is 2. The van der Waals surface area contributed by atoms with Crippen LogP contribution in [0.5, 0.6) is 0 Å². The van der Waals surface area contributed by atoms with Gasteiger partial charge in [0.15, 0.2) is 0 Å². The Hall–Kier alpha value is -1.92. The van der Waals surface area contributed by atoms with Gasteiger partial charge in [-0.05, 0) is 38.4 Å². The normalized spacial score (nSPS) is 11.7. The van der Waals surface area contributed by atoms with E-state index in [-0.39, 0.29) is 12.5 Å². The van der Waals surface area contributed by atoms with Gasteiger partial charge in [0, 0.05) is 12.1 Å². The van der Waals surface area contributed by atoms with E-state index in [0.717, 1.165) is 12.8 Å². The molecule has 0 fully saturated rings. The second kappa shape index (κ2) is 10.8. The van der Waals surface area contributed by atoms with Crippen molar-refractivity contribution in [3.05, 3.63) is 35.9 Å². The van der Waals surface area contributed by atoms with Crippen LogP contribution in [0.15, 0.2) is 30.3 Å². The number of esters is 1. The summed E-state index contributed by atoms with van der Waals surface area (Å²) in [5, 5.41) is 14.9. The Balaban J connectivity index is 2.12. The minimum Gasteiger partial charge on any atom is -0.465 e. The molecule has 3 N–H and O–H groups in total. The lowest BCUT2D eigenvalue weighted by Gasteiger charge is -2.14. The second-order valence-corrected chi connectivity index (χ2v) is 4.77. The molecule has 0 saturated heterocycles. The Morgan fingerprint density at radius 1 is 1.18 bits per heavy atom. The molecule has 1 aromatic rings. The van der Waals surface area contributed by atoms with E-state index in [4.69, 9.17) is 9.84 Å². The highest BCUT2D eigenvalue weighted by Gasteiger charge is 2.17. The topological polar surface area (TPSA) is 87.7 Å². The van der Waals surface area contributed by atoms with E-state index < -0.39 is 12.0 Å². The summed E-state index contributed by atoms with van der Waals surface area (Å²) in [4.78, 5) is 23.2. The molecule has 0 bridgehead atoms. The van der Waals surface area contributed by atoms with Gasteiger partial charge in [0.25, 0.3) is 5.91 Å². The fraction of sp³-hybridized carbons (Fsp3) is 0.500. The van der Waals surface area contributed by atoms with Crippen LogP contribution in [0.1, 0.15) is 30.1 Å². The molecule has 22 heavy (non-hydrogen) atoms. The van der Waals surface area contributed by atoms with Crippen LogP contribution in [0.3, 0.4) is 0 Å². The molecule has 6 heteroatoms. The third-order valence-electron chi connectivity index (χ3n) is 3.07. The van der Waals surface area contributed by atoms with Gasteiger partial charge in [-0.2, -0.15) is 0 Å². The quantitative estimate of drug-likeness (QED) is 0.438. The van der Waals surface area contributed by atoms with Crippen molar-refractivity contribution in [2.45, 2.75) is 25.8 Å². The summed E-state index contributed by atoms with van der Waals surface area (Å²) in [6, 6.07) is 8.36. The molecule has 1 aromatic carbocycles. The van der Waals surface area contributed by atoms with E-state index in [1.165, 1.54) is 0 Å². The molecule has 0 saturated carbocycles. The highest BCUT2D eigenvalue weighted by atomic mass is 16.5. The van der Waals surface area contributed by atoms with E-state index in [0.29, 0.717) is 25.3 Å². The zero-order valence-electron chi connectivity index (χ0n) is 12.9. The van der Waals surface area contributed by atoms with Crippen molar-refractivity contribution in [3.63, 3.8) is 0 Å². The van der Waals surface area contributed by atoms with E-state index in [9.17, 15) is 9.59 Å². The van der Waals surface area contributed by atoms with Crippen LogP contribution in [0.4, 0.5) is 0 Å². The van der Waals surface area contributed by atoms with Crippen molar-refractivity contribution >= 4 is 11.9 Å². The first kappa shape index (κ1) is 18.1. The fourth-order valence-corrected chi connectivity index (χ4v) is 1.89. The third-order valence-corrected chi connectivity index (χ3v) is 3.07. The second-order valence-electron chi connectivity index (χ2n) is 4.77. The summed E-state index contributed by atoms with van der Waals surface area (Å²) in [6.07, 6.45) is 1.57. The summed E-state index contributed by atoms with van der Waals surface area (Å²) < 4.78 is 4.84. The summed E-state index contributed by atoms with van der Waals surface area (Å²) in [6.45, 7) is 2.87. The van der Waals surface area contributed by atoms with E-state index in [1.54, 1.807) is 19.1 Å². The maximum atomic E-state index is 11.8. The van der Waals surface area contributed by atoms with Crippen LogP contribution in [-0.2, 0) is 9.53 Å². The number of benzene rings is 1. The van der Waals surface area contributed by atoms with Gasteiger partial charge < -0.3 is 20.5 Å². The van der Waals surface area contributed by atoms with Gasteiger partial charge in [0.2, 0.25) is 0 Å². The number of carbonyl (C=O) groups is 2. The highest BCUT2D eigenvalue weighted by Crippen LogP contribution is 1.98. The SMILES string of the molecule is CCOC(=O)[C@H](CO)NCCCCNC(=O)c1ccccc1. The first-order valence-electron chi connectivity index (χ1n) is 7.53. The smallest absolute Gasteiger partial charge is 0.325 e. The molecule has 0 aliphatic carbocycles. The zero-order chi connectivity index (χ0) is 16.2.